The lowest BCUT2D eigenvalue weighted by Crippen LogP contribution is -2.40. The second kappa shape index (κ2) is 9.78. The minimum Gasteiger partial charge on any atom is -0.461 e. The minimum atomic E-state index is -0.0710. The highest BCUT2D eigenvalue weighted by Crippen LogP contribution is 2.28. The highest BCUT2D eigenvalue weighted by atomic mass is 16.3. The lowest BCUT2D eigenvalue weighted by molar-refractivity contribution is 0.0925. The van der Waals surface area contributed by atoms with Crippen LogP contribution in [0.2, 0.25) is 0 Å². The van der Waals surface area contributed by atoms with Gasteiger partial charge in [-0.2, -0.15) is 4.98 Å². The van der Waals surface area contributed by atoms with Crippen molar-refractivity contribution in [3.63, 3.8) is 0 Å². The first kappa shape index (κ1) is 22.9. The van der Waals surface area contributed by atoms with Gasteiger partial charge < -0.3 is 20.0 Å². The van der Waals surface area contributed by atoms with Gasteiger partial charge >= 0.3 is 0 Å². The van der Waals surface area contributed by atoms with Gasteiger partial charge in [-0.1, -0.05) is 42.5 Å². The van der Waals surface area contributed by atoms with Gasteiger partial charge in [0.1, 0.15) is 17.3 Å². The quantitative estimate of drug-likeness (QED) is 0.392. The third-order valence-electron chi connectivity index (χ3n) is 6.62. The van der Waals surface area contributed by atoms with Crippen LogP contribution in [0.1, 0.15) is 41.8 Å². The highest BCUT2D eigenvalue weighted by molar-refractivity contribution is 5.96. The number of hydrogen-bond acceptors (Lipinski definition) is 6. The number of fused-ring (bicyclic) bond motifs is 1. The van der Waals surface area contributed by atoms with Gasteiger partial charge in [-0.05, 0) is 50.8 Å². The summed E-state index contributed by atoms with van der Waals surface area (Å²) in [6, 6.07) is 20.2. The van der Waals surface area contributed by atoms with Crippen LogP contribution < -0.4 is 15.5 Å². The van der Waals surface area contributed by atoms with Crippen LogP contribution >= 0.6 is 0 Å². The zero-order valence-corrected chi connectivity index (χ0v) is 20.4. The second-order valence-electron chi connectivity index (χ2n) is 9.40. The number of furan rings is 1. The Labute approximate surface area is 205 Å². The van der Waals surface area contributed by atoms with Crippen molar-refractivity contribution in [2.45, 2.75) is 44.7 Å². The summed E-state index contributed by atoms with van der Waals surface area (Å²) in [5, 5.41) is 7.78. The number of amides is 1. The zero-order chi connectivity index (χ0) is 24.4. The van der Waals surface area contributed by atoms with Crippen LogP contribution in [0.25, 0.3) is 22.2 Å². The maximum atomic E-state index is 13.0. The third-order valence-corrected chi connectivity index (χ3v) is 6.62. The van der Waals surface area contributed by atoms with Crippen molar-refractivity contribution in [3.8, 4) is 11.3 Å². The van der Waals surface area contributed by atoms with Gasteiger partial charge in [-0.25, -0.2) is 4.98 Å². The molecule has 4 aromatic rings. The number of anilines is 2. The summed E-state index contributed by atoms with van der Waals surface area (Å²) in [6.45, 7) is 1.84. The van der Waals surface area contributed by atoms with Crippen molar-refractivity contribution in [3.05, 3.63) is 72.0 Å². The van der Waals surface area contributed by atoms with Crippen LogP contribution in [0.15, 0.2) is 65.1 Å². The first-order chi connectivity index (χ1) is 17.0. The van der Waals surface area contributed by atoms with Crippen LogP contribution in [0, 0.1) is 6.92 Å². The number of nitrogens with zero attached hydrogens (tertiary/aromatic N) is 3. The molecule has 5 rings (SSSR count). The zero-order valence-electron chi connectivity index (χ0n) is 20.4. The molecule has 7 nitrogen and oxygen atoms in total. The normalized spacial score (nSPS) is 17.8. The molecule has 35 heavy (non-hydrogen) atoms. The van der Waals surface area contributed by atoms with Crippen LogP contribution in [0.5, 0.6) is 0 Å². The Morgan fingerprint density at radius 3 is 2.37 bits per heavy atom. The molecule has 1 amide bonds. The molecule has 0 radical (unpaired) electrons. The molecule has 0 spiro atoms. The summed E-state index contributed by atoms with van der Waals surface area (Å²) in [6.07, 6.45) is 3.69. The lowest BCUT2D eigenvalue weighted by atomic mass is 9.91. The number of carbonyl (C=O) groups is 1. The van der Waals surface area contributed by atoms with E-state index in [1.807, 2.05) is 86.6 Å². The summed E-state index contributed by atoms with van der Waals surface area (Å²) < 4.78 is 5.86. The van der Waals surface area contributed by atoms with Crippen molar-refractivity contribution in [2.75, 3.05) is 24.3 Å². The van der Waals surface area contributed by atoms with E-state index in [-0.39, 0.29) is 18.0 Å². The number of rotatable bonds is 6. The Balaban J connectivity index is 1.20. The maximum Gasteiger partial charge on any atom is 0.255 e. The molecule has 0 atom stereocenters. The van der Waals surface area contributed by atoms with Crippen molar-refractivity contribution in [1.82, 2.24) is 15.3 Å². The van der Waals surface area contributed by atoms with Crippen molar-refractivity contribution >= 4 is 28.6 Å². The SMILES string of the molecule is Cc1oc(-c2ccccc2)cc1C(=O)N[C@H]1CC[C@@H](Nc2nc(N(C)C)c3ccccc3n2)CC1. The Bertz CT molecular complexity index is 1320. The van der Waals surface area contributed by atoms with Gasteiger partial charge in [0, 0.05) is 37.1 Å². The largest absolute Gasteiger partial charge is 0.461 e. The molecule has 2 heterocycles. The van der Waals surface area contributed by atoms with Crippen LogP contribution in [-0.4, -0.2) is 42.1 Å². The number of benzene rings is 2. The average Bonchev–Trinajstić information content (AvgIpc) is 3.27. The van der Waals surface area contributed by atoms with E-state index in [1.165, 1.54) is 0 Å². The molecule has 1 aliphatic rings. The second-order valence-corrected chi connectivity index (χ2v) is 9.40. The number of hydrogen-bond donors (Lipinski definition) is 2. The van der Waals surface area contributed by atoms with Gasteiger partial charge in [0.05, 0.1) is 11.1 Å². The molecule has 0 bridgehead atoms. The Morgan fingerprint density at radius 1 is 0.943 bits per heavy atom. The van der Waals surface area contributed by atoms with Gasteiger partial charge in [-0.3, -0.25) is 4.79 Å². The van der Waals surface area contributed by atoms with Crippen molar-refractivity contribution in [2.24, 2.45) is 0 Å². The Hall–Kier alpha value is -3.87. The van der Waals surface area contributed by atoms with Gasteiger partial charge in [0.15, 0.2) is 0 Å². The summed E-state index contributed by atoms with van der Waals surface area (Å²) >= 11 is 0. The van der Waals surface area contributed by atoms with E-state index < -0.39 is 0 Å². The van der Waals surface area contributed by atoms with Crippen molar-refractivity contribution in [1.29, 1.82) is 0 Å². The van der Waals surface area contributed by atoms with Gasteiger partial charge in [0.25, 0.3) is 5.91 Å². The van der Waals surface area contributed by atoms with E-state index in [4.69, 9.17) is 14.4 Å². The predicted molar refractivity (Wildman–Crippen MR) is 140 cm³/mol. The first-order valence-electron chi connectivity index (χ1n) is 12.2. The molecule has 2 aromatic carbocycles. The van der Waals surface area contributed by atoms with Gasteiger partial charge in [-0.15, -0.1) is 0 Å². The number of para-hydroxylation sites is 1. The molecule has 0 saturated heterocycles. The summed E-state index contributed by atoms with van der Waals surface area (Å²) in [7, 11) is 3.99. The van der Waals surface area contributed by atoms with E-state index in [2.05, 4.69) is 10.6 Å². The third kappa shape index (κ3) is 4.99. The van der Waals surface area contributed by atoms with E-state index in [0.29, 0.717) is 23.0 Å². The summed E-state index contributed by atoms with van der Waals surface area (Å²) in [4.78, 5) is 24.5. The van der Waals surface area contributed by atoms with Gasteiger partial charge in [0.2, 0.25) is 5.95 Å². The number of aromatic nitrogens is 2. The molecule has 1 fully saturated rings. The highest BCUT2D eigenvalue weighted by Gasteiger charge is 2.25. The van der Waals surface area contributed by atoms with Crippen LogP contribution in [0.4, 0.5) is 11.8 Å². The Kier molecular flexibility index (Phi) is 6.40. The molecule has 7 heteroatoms. The van der Waals surface area contributed by atoms with Crippen LogP contribution in [-0.2, 0) is 0 Å². The standard InChI is InChI=1S/C28H31N5O2/c1-18-23(17-25(35-18)19-9-5-4-6-10-19)27(34)29-20-13-15-21(16-14-20)30-28-31-24-12-8-7-11-22(24)26(32-28)33(2)3/h4-12,17,20-21H,13-16H2,1-3H3,(H,29,34)(H,30,31,32)/t20-,21+. The summed E-state index contributed by atoms with van der Waals surface area (Å²) in [5.74, 6) is 2.85. The maximum absolute atomic E-state index is 13.0. The monoisotopic (exact) mass is 469 g/mol. The number of carbonyl (C=O) groups excluding carboxylic acids is 1. The number of nitrogens with one attached hydrogen (secondary N) is 2. The fourth-order valence-electron chi connectivity index (χ4n) is 4.75. The predicted octanol–water partition coefficient (Wildman–Crippen LogP) is 5.42. The topological polar surface area (TPSA) is 83.3 Å². The number of aryl methyl sites for hydroxylation is 1. The van der Waals surface area contributed by atoms with Crippen LogP contribution in [0.3, 0.4) is 0 Å². The van der Waals surface area contributed by atoms with Crippen molar-refractivity contribution < 1.29 is 9.21 Å². The smallest absolute Gasteiger partial charge is 0.255 e. The molecule has 1 aliphatic carbocycles. The van der Waals surface area contributed by atoms with E-state index >= 15 is 0 Å². The summed E-state index contributed by atoms with van der Waals surface area (Å²) in [5.41, 5.74) is 2.50. The minimum absolute atomic E-state index is 0.0710. The molecular weight excluding hydrogens is 438 g/mol. The molecule has 180 valence electrons. The Morgan fingerprint density at radius 2 is 1.63 bits per heavy atom. The molecule has 1 saturated carbocycles. The molecule has 2 N–H and O–H groups in total. The van der Waals surface area contributed by atoms with E-state index in [0.717, 1.165) is 48.0 Å². The molecular formula is C28H31N5O2. The molecule has 0 aliphatic heterocycles. The fourth-order valence-corrected chi connectivity index (χ4v) is 4.75. The first-order valence-corrected chi connectivity index (χ1v) is 12.2. The van der Waals surface area contributed by atoms with E-state index in [9.17, 15) is 4.79 Å². The fraction of sp³-hybridized carbons (Fsp3) is 0.321. The average molecular weight is 470 g/mol. The molecule has 0 unspecified atom stereocenters. The lowest BCUT2D eigenvalue weighted by Gasteiger charge is -2.30. The van der Waals surface area contributed by atoms with E-state index in [1.54, 1.807) is 0 Å². The molecule has 2 aromatic heterocycles.